The fourth-order valence-electron chi connectivity index (χ4n) is 1.70. The van der Waals surface area contributed by atoms with Gasteiger partial charge in [0.15, 0.2) is 5.11 Å². The molecule has 1 aliphatic heterocycles. The van der Waals surface area contributed by atoms with Gasteiger partial charge in [-0.1, -0.05) is 0 Å². The number of thiocarbonyl (C=S) groups is 1. The van der Waals surface area contributed by atoms with Crippen LogP contribution in [0.1, 0.15) is 12.0 Å². The first-order valence-electron chi connectivity index (χ1n) is 5.47. The van der Waals surface area contributed by atoms with Gasteiger partial charge in [0.05, 0.1) is 13.3 Å². The summed E-state index contributed by atoms with van der Waals surface area (Å²) in [7, 11) is 0. The molecule has 2 heterocycles. The summed E-state index contributed by atoms with van der Waals surface area (Å²) in [4.78, 5) is 6.31. The van der Waals surface area contributed by atoms with Crippen LogP contribution >= 0.6 is 12.2 Å². The lowest BCUT2D eigenvalue weighted by atomic mass is 10.1. The van der Waals surface area contributed by atoms with Crippen molar-refractivity contribution in [2.75, 3.05) is 19.9 Å². The zero-order valence-electron chi connectivity index (χ0n) is 9.15. The molecule has 0 saturated carbocycles. The molecule has 1 aliphatic rings. The lowest BCUT2D eigenvalue weighted by Gasteiger charge is -2.29. The first kappa shape index (κ1) is 11.3. The second-order valence-electron chi connectivity index (χ2n) is 3.85. The number of hydrogen-bond donors (Lipinski definition) is 2. The predicted octanol–water partition coefficient (Wildman–Crippen LogP) is 0.709. The SMILES string of the molecule is S=C1NCN(CCCc2ccncc2)CN1. The van der Waals surface area contributed by atoms with Crippen LogP contribution in [0.5, 0.6) is 0 Å². The van der Waals surface area contributed by atoms with E-state index in [1.807, 2.05) is 12.4 Å². The van der Waals surface area contributed by atoms with Gasteiger partial charge in [-0.25, -0.2) is 0 Å². The summed E-state index contributed by atoms with van der Waals surface area (Å²) in [6.45, 7) is 2.77. The fourth-order valence-corrected chi connectivity index (χ4v) is 1.83. The maximum absolute atomic E-state index is 4.99. The van der Waals surface area contributed by atoms with Crippen LogP contribution in [0.15, 0.2) is 24.5 Å². The molecule has 86 valence electrons. The highest BCUT2D eigenvalue weighted by molar-refractivity contribution is 7.80. The molecule has 1 fully saturated rings. The van der Waals surface area contributed by atoms with Gasteiger partial charge in [-0.05, 0) is 42.8 Å². The number of hydrogen-bond acceptors (Lipinski definition) is 3. The fraction of sp³-hybridized carbons (Fsp3) is 0.455. The molecule has 0 radical (unpaired) electrons. The van der Waals surface area contributed by atoms with Crippen molar-refractivity contribution < 1.29 is 0 Å². The highest BCUT2D eigenvalue weighted by Gasteiger charge is 2.10. The number of rotatable bonds is 4. The summed E-state index contributed by atoms with van der Waals surface area (Å²) in [6, 6.07) is 4.14. The summed E-state index contributed by atoms with van der Waals surface area (Å²) in [5, 5.41) is 6.99. The van der Waals surface area contributed by atoms with E-state index in [0.29, 0.717) is 0 Å². The average molecular weight is 236 g/mol. The van der Waals surface area contributed by atoms with Crippen LogP contribution in [0.3, 0.4) is 0 Å². The average Bonchev–Trinajstić information content (AvgIpc) is 2.33. The Kier molecular flexibility index (Phi) is 4.07. The lowest BCUT2D eigenvalue weighted by Crippen LogP contribution is -2.53. The molecule has 0 spiro atoms. The molecule has 2 N–H and O–H groups in total. The third kappa shape index (κ3) is 3.43. The van der Waals surface area contributed by atoms with Gasteiger partial charge in [0, 0.05) is 18.9 Å². The Morgan fingerprint density at radius 3 is 2.62 bits per heavy atom. The molecule has 0 aliphatic carbocycles. The quantitative estimate of drug-likeness (QED) is 0.754. The molecule has 0 unspecified atom stereocenters. The monoisotopic (exact) mass is 236 g/mol. The van der Waals surface area contributed by atoms with Crippen molar-refractivity contribution in [2.24, 2.45) is 0 Å². The third-order valence-electron chi connectivity index (χ3n) is 2.62. The number of aromatic nitrogens is 1. The summed E-state index contributed by atoms with van der Waals surface area (Å²) < 4.78 is 0. The van der Waals surface area contributed by atoms with Crippen LogP contribution < -0.4 is 10.6 Å². The molecule has 5 heteroatoms. The lowest BCUT2D eigenvalue weighted by molar-refractivity contribution is 0.242. The van der Waals surface area contributed by atoms with E-state index in [0.717, 1.165) is 37.8 Å². The smallest absolute Gasteiger partial charge is 0.168 e. The standard InChI is InChI=1S/C11H16N4S/c16-11-13-8-15(9-14-11)7-1-2-10-3-5-12-6-4-10/h3-6H,1-2,7-9H2,(H2,13,14,16). The minimum Gasteiger partial charge on any atom is -0.350 e. The first-order chi connectivity index (χ1) is 7.84. The van der Waals surface area contributed by atoms with E-state index in [1.165, 1.54) is 5.56 Å². The zero-order valence-corrected chi connectivity index (χ0v) is 9.96. The number of aryl methyl sites for hydroxylation is 1. The molecule has 0 aromatic carbocycles. The van der Waals surface area contributed by atoms with E-state index in [1.54, 1.807) is 0 Å². The Morgan fingerprint density at radius 1 is 1.25 bits per heavy atom. The Labute approximate surface area is 101 Å². The number of nitrogens with zero attached hydrogens (tertiary/aromatic N) is 2. The first-order valence-corrected chi connectivity index (χ1v) is 5.88. The summed E-state index contributed by atoms with van der Waals surface area (Å²) in [5.74, 6) is 0. The van der Waals surface area contributed by atoms with Gasteiger partial charge in [-0.3, -0.25) is 9.88 Å². The molecule has 0 bridgehead atoms. The Morgan fingerprint density at radius 2 is 1.94 bits per heavy atom. The van der Waals surface area contributed by atoms with Crippen LogP contribution in [-0.4, -0.2) is 34.9 Å². The van der Waals surface area contributed by atoms with E-state index < -0.39 is 0 Å². The molecule has 1 aromatic heterocycles. The number of pyridine rings is 1. The van der Waals surface area contributed by atoms with Crippen molar-refractivity contribution in [3.8, 4) is 0 Å². The summed E-state index contributed by atoms with van der Waals surface area (Å²) in [5.41, 5.74) is 1.35. The van der Waals surface area contributed by atoms with Crippen molar-refractivity contribution in [2.45, 2.75) is 12.8 Å². The molecular weight excluding hydrogens is 220 g/mol. The van der Waals surface area contributed by atoms with Crippen molar-refractivity contribution in [1.82, 2.24) is 20.5 Å². The van der Waals surface area contributed by atoms with Crippen molar-refractivity contribution >= 4 is 17.3 Å². The Bertz CT molecular complexity index is 331. The van der Waals surface area contributed by atoms with Gasteiger partial charge < -0.3 is 10.6 Å². The highest BCUT2D eigenvalue weighted by atomic mass is 32.1. The van der Waals surface area contributed by atoms with E-state index in [2.05, 4.69) is 32.7 Å². The van der Waals surface area contributed by atoms with E-state index >= 15 is 0 Å². The molecule has 1 aromatic rings. The van der Waals surface area contributed by atoms with Crippen LogP contribution in [0.4, 0.5) is 0 Å². The zero-order chi connectivity index (χ0) is 11.2. The summed E-state index contributed by atoms with van der Waals surface area (Å²) in [6.07, 6.45) is 5.94. The van der Waals surface area contributed by atoms with E-state index in [4.69, 9.17) is 12.2 Å². The molecule has 0 amide bonds. The van der Waals surface area contributed by atoms with Gasteiger partial charge in [0.25, 0.3) is 0 Å². The largest absolute Gasteiger partial charge is 0.350 e. The van der Waals surface area contributed by atoms with Crippen LogP contribution in [0.2, 0.25) is 0 Å². The Balaban J connectivity index is 1.67. The van der Waals surface area contributed by atoms with Gasteiger partial charge in [-0.15, -0.1) is 0 Å². The number of nitrogens with one attached hydrogen (secondary N) is 2. The third-order valence-corrected chi connectivity index (χ3v) is 2.90. The predicted molar refractivity (Wildman–Crippen MR) is 67.9 cm³/mol. The van der Waals surface area contributed by atoms with Crippen LogP contribution in [-0.2, 0) is 6.42 Å². The van der Waals surface area contributed by atoms with Crippen LogP contribution in [0.25, 0.3) is 0 Å². The minimum atomic E-state index is 0.755. The molecule has 4 nitrogen and oxygen atoms in total. The molecule has 2 rings (SSSR count). The van der Waals surface area contributed by atoms with Crippen molar-refractivity contribution in [3.05, 3.63) is 30.1 Å². The second kappa shape index (κ2) is 5.77. The Hall–Kier alpha value is -1.20. The molecular formula is C11H16N4S. The summed E-state index contributed by atoms with van der Waals surface area (Å²) >= 11 is 4.99. The van der Waals surface area contributed by atoms with Gasteiger partial charge >= 0.3 is 0 Å². The topological polar surface area (TPSA) is 40.2 Å². The van der Waals surface area contributed by atoms with Crippen molar-refractivity contribution in [3.63, 3.8) is 0 Å². The normalized spacial score (nSPS) is 16.6. The van der Waals surface area contributed by atoms with Gasteiger partial charge in [0.1, 0.15) is 0 Å². The van der Waals surface area contributed by atoms with Gasteiger partial charge in [-0.2, -0.15) is 0 Å². The van der Waals surface area contributed by atoms with E-state index in [-0.39, 0.29) is 0 Å². The van der Waals surface area contributed by atoms with Crippen LogP contribution in [0, 0.1) is 0 Å². The van der Waals surface area contributed by atoms with Crippen molar-refractivity contribution in [1.29, 1.82) is 0 Å². The maximum Gasteiger partial charge on any atom is 0.168 e. The molecule has 0 atom stereocenters. The highest BCUT2D eigenvalue weighted by Crippen LogP contribution is 2.02. The van der Waals surface area contributed by atoms with E-state index in [9.17, 15) is 0 Å². The minimum absolute atomic E-state index is 0.755. The van der Waals surface area contributed by atoms with Gasteiger partial charge in [0.2, 0.25) is 0 Å². The maximum atomic E-state index is 4.99. The molecule has 16 heavy (non-hydrogen) atoms. The second-order valence-corrected chi connectivity index (χ2v) is 4.26. The molecule has 1 saturated heterocycles.